The summed E-state index contributed by atoms with van der Waals surface area (Å²) in [5, 5.41) is 13.6. The number of carbonyl (C=O) groups is 5. The van der Waals surface area contributed by atoms with Crippen LogP contribution in [0.4, 0.5) is 0 Å². The van der Waals surface area contributed by atoms with Crippen LogP contribution in [0.3, 0.4) is 0 Å². The summed E-state index contributed by atoms with van der Waals surface area (Å²) in [5.74, 6) is -3.65. The molecule has 3 atom stereocenters. The van der Waals surface area contributed by atoms with Crippen molar-refractivity contribution in [2.75, 3.05) is 19.6 Å². The summed E-state index contributed by atoms with van der Waals surface area (Å²) in [6.45, 7) is 0.143. The molecule has 1 saturated heterocycles. The Labute approximate surface area is 168 Å². The van der Waals surface area contributed by atoms with E-state index in [0.29, 0.717) is 38.8 Å². The molecule has 0 aliphatic carbocycles. The van der Waals surface area contributed by atoms with E-state index in [1.807, 2.05) is 0 Å². The normalized spacial score (nSPS) is 18.0. The van der Waals surface area contributed by atoms with Crippen LogP contribution in [0.1, 0.15) is 38.5 Å². The van der Waals surface area contributed by atoms with Crippen LogP contribution < -0.4 is 27.8 Å². The first kappa shape index (κ1) is 24.3. The Kier molecular flexibility index (Phi) is 10.0. The molecular formula is C17H30N6O6. The molecule has 0 bridgehead atoms. The van der Waals surface area contributed by atoms with Gasteiger partial charge in [-0.15, -0.1) is 0 Å². The van der Waals surface area contributed by atoms with E-state index < -0.39 is 54.3 Å². The second kappa shape index (κ2) is 12.0. The van der Waals surface area contributed by atoms with Gasteiger partial charge in [-0.25, -0.2) is 0 Å². The summed E-state index contributed by atoms with van der Waals surface area (Å²) in [7, 11) is 0. The molecule has 0 aromatic heterocycles. The zero-order chi connectivity index (χ0) is 22.0. The van der Waals surface area contributed by atoms with Crippen LogP contribution in [0.25, 0.3) is 0 Å². The second-order valence-corrected chi connectivity index (χ2v) is 6.92. The summed E-state index contributed by atoms with van der Waals surface area (Å²) >= 11 is 0. The van der Waals surface area contributed by atoms with Gasteiger partial charge in [-0.05, 0) is 38.6 Å². The Hall–Kier alpha value is -2.73. The minimum Gasteiger partial charge on any atom is -0.480 e. The predicted molar refractivity (Wildman–Crippen MR) is 102 cm³/mol. The first-order chi connectivity index (χ1) is 13.7. The van der Waals surface area contributed by atoms with Crippen molar-refractivity contribution in [3.8, 4) is 0 Å². The average Bonchev–Trinajstić information content (AvgIpc) is 3.13. The van der Waals surface area contributed by atoms with Crippen LogP contribution in [0.2, 0.25) is 0 Å². The Bertz CT molecular complexity index is 628. The number of rotatable bonds is 12. The van der Waals surface area contributed by atoms with E-state index in [0.717, 1.165) is 0 Å². The molecule has 0 radical (unpaired) electrons. The molecule has 12 nitrogen and oxygen atoms in total. The molecule has 0 aromatic carbocycles. The highest BCUT2D eigenvalue weighted by Crippen LogP contribution is 2.19. The van der Waals surface area contributed by atoms with Crippen molar-refractivity contribution in [2.24, 2.45) is 17.2 Å². The van der Waals surface area contributed by atoms with Crippen molar-refractivity contribution in [2.45, 2.75) is 56.7 Å². The number of carboxylic acid groups (broad SMARTS) is 1. The number of nitrogens with zero attached hydrogens (tertiary/aromatic N) is 1. The van der Waals surface area contributed by atoms with Crippen molar-refractivity contribution in [3.63, 3.8) is 0 Å². The van der Waals surface area contributed by atoms with Crippen LogP contribution in [0, 0.1) is 0 Å². The second-order valence-electron chi connectivity index (χ2n) is 6.92. The summed E-state index contributed by atoms with van der Waals surface area (Å²) < 4.78 is 0. The lowest BCUT2D eigenvalue weighted by molar-refractivity contribution is -0.141. The van der Waals surface area contributed by atoms with Gasteiger partial charge < -0.3 is 37.8 Å². The van der Waals surface area contributed by atoms with E-state index in [1.54, 1.807) is 0 Å². The van der Waals surface area contributed by atoms with Gasteiger partial charge in [-0.2, -0.15) is 0 Å². The first-order valence-electron chi connectivity index (χ1n) is 9.51. The van der Waals surface area contributed by atoms with Gasteiger partial charge in [-0.1, -0.05) is 0 Å². The van der Waals surface area contributed by atoms with Crippen LogP contribution in [-0.2, 0) is 24.0 Å². The monoisotopic (exact) mass is 414 g/mol. The highest BCUT2D eigenvalue weighted by Gasteiger charge is 2.37. The van der Waals surface area contributed by atoms with E-state index in [-0.39, 0.29) is 12.8 Å². The van der Waals surface area contributed by atoms with E-state index >= 15 is 0 Å². The van der Waals surface area contributed by atoms with Crippen molar-refractivity contribution in [3.05, 3.63) is 0 Å². The lowest BCUT2D eigenvalue weighted by Gasteiger charge is -2.28. The highest BCUT2D eigenvalue weighted by molar-refractivity contribution is 5.95. The SMILES string of the molecule is NCCCCC(NC(=O)C1CCCN1C(=O)C(N)CC(N)=O)C(=O)NCC(=O)O. The molecule has 164 valence electrons. The van der Waals surface area contributed by atoms with Gasteiger partial charge in [0.2, 0.25) is 23.6 Å². The third kappa shape index (κ3) is 8.03. The first-order valence-corrected chi connectivity index (χ1v) is 9.51. The van der Waals surface area contributed by atoms with Gasteiger partial charge in [0, 0.05) is 6.54 Å². The number of amides is 4. The fraction of sp³-hybridized carbons (Fsp3) is 0.706. The van der Waals surface area contributed by atoms with Crippen LogP contribution in [-0.4, -0.2) is 77.4 Å². The fourth-order valence-corrected chi connectivity index (χ4v) is 3.14. The Balaban J connectivity index is 2.79. The predicted octanol–water partition coefficient (Wildman–Crippen LogP) is -3.01. The molecule has 0 saturated carbocycles. The third-order valence-corrected chi connectivity index (χ3v) is 4.57. The maximum absolute atomic E-state index is 12.7. The third-order valence-electron chi connectivity index (χ3n) is 4.57. The zero-order valence-corrected chi connectivity index (χ0v) is 16.3. The number of carboxylic acids is 1. The number of hydrogen-bond donors (Lipinski definition) is 6. The number of hydrogen-bond acceptors (Lipinski definition) is 7. The Morgan fingerprint density at radius 1 is 1.17 bits per heavy atom. The molecule has 0 aromatic rings. The quantitative estimate of drug-likeness (QED) is 0.181. The van der Waals surface area contributed by atoms with Crippen molar-refractivity contribution in [1.82, 2.24) is 15.5 Å². The van der Waals surface area contributed by atoms with Crippen LogP contribution in [0.15, 0.2) is 0 Å². The van der Waals surface area contributed by atoms with Gasteiger partial charge in [0.1, 0.15) is 18.6 Å². The molecule has 1 aliphatic rings. The molecule has 3 unspecified atom stereocenters. The molecule has 9 N–H and O–H groups in total. The average molecular weight is 414 g/mol. The van der Waals surface area contributed by atoms with E-state index in [2.05, 4.69) is 10.6 Å². The van der Waals surface area contributed by atoms with Crippen LogP contribution in [0.5, 0.6) is 0 Å². The maximum atomic E-state index is 12.7. The van der Waals surface area contributed by atoms with Gasteiger partial charge in [0.05, 0.1) is 12.5 Å². The lowest BCUT2D eigenvalue weighted by atomic mass is 10.1. The lowest BCUT2D eigenvalue weighted by Crippen LogP contribution is -2.55. The Morgan fingerprint density at radius 3 is 2.45 bits per heavy atom. The molecule has 12 heteroatoms. The van der Waals surface area contributed by atoms with E-state index in [1.165, 1.54) is 4.90 Å². The minimum atomic E-state index is -1.21. The number of unbranched alkanes of at least 4 members (excludes halogenated alkanes) is 1. The number of primary amides is 1. The van der Waals surface area contributed by atoms with Gasteiger partial charge >= 0.3 is 5.97 Å². The van der Waals surface area contributed by atoms with Gasteiger partial charge in [-0.3, -0.25) is 24.0 Å². The zero-order valence-electron chi connectivity index (χ0n) is 16.3. The van der Waals surface area contributed by atoms with E-state index in [4.69, 9.17) is 22.3 Å². The van der Waals surface area contributed by atoms with Crippen molar-refractivity contribution in [1.29, 1.82) is 0 Å². The Morgan fingerprint density at radius 2 is 1.86 bits per heavy atom. The molecule has 1 rings (SSSR count). The molecule has 0 spiro atoms. The molecule has 1 heterocycles. The molecule has 4 amide bonds. The van der Waals surface area contributed by atoms with Gasteiger partial charge in [0.15, 0.2) is 0 Å². The molecule has 29 heavy (non-hydrogen) atoms. The summed E-state index contributed by atoms with van der Waals surface area (Å²) in [4.78, 5) is 60.4. The number of aliphatic carboxylic acids is 1. The largest absolute Gasteiger partial charge is 0.480 e. The maximum Gasteiger partial charge on any atom is 0.322 e. The minimum absolute atomic E-state index is 0.274. The summed E-state index contributed by atoms with van der Waals surface area (Å²) in [6, 6.07) is -2.92. The standard InChI is InChI=1S/C17H30N6O6/c18-6-2-1-4-11(15(27)21-9-14(25)26)22-16(28)12-5-3-7-23(12)17(29)10(19)8-13(20)24/h10-12H,1-9,18-19H2,(H2,20,24)(H,21,27)(H,22,28)(H,25,26). The molecular weight excluding hydrogens is 384 g/mol. The summed E-state index contributed by atoms with van der Waals surface area (Å²) in [6.07, 6.45) is 2.08. The van der Waals surface area contributed by atoms with Crippen molar-refractivity contribution < 1.29 is 29.1 Å². The smallest absolute Gasteiger partial charge is 0.322 e. The van der Waals surface area contributed by atoms with Gasteiger partial charge in [0.25, 0.3) is 0 Å². The number of nitrogens with two attached hydrogens (primary N) is 3. The van der Waals surface area contributed by atoms with Crippen molar-refractivity contribution >= 4 is 29.6 Å². The van der Waals surface area contributed by atoms with Crippen LogP contribution >= 0.6 is 0 Å². The molecule has 1 aliphatic heterocycles. The number of likely N-dealkylation sites (tertiary alicyclic amines) is 1. The van der Waals surface area contributed by atoms with E-state index in [9.17, 15) is 24.0 Å². The summed E-state index contributed by atoms with van der Waals surface area (Å²) in [5.41, 5.74) is 16.2. The number of nitrogens with one attached hydrogen (secondary N) is 2. The fourth-order valence-electron chi connectivity index (χ4n) is 3.14. The topological polar surface area (TPSA) is 211 Å². The molecule has 1 fully saturated rings. The number of carbonyl (C=O) groups excluding carboxylic acids is 4. The highest BCUT2D eigenvalue weighted by atomic mass is 16.4.